The van der Waals surface area contributed by atoms with Crippen LogP contribution in [0.5, 0.6) is 0 Å². The average Bonchev–Trinajstić information content (AvgIpc) is 2.90. The maximum atomic E-state index is 11.8. The van der Waals surface area contributed by atoms with Crippen molar-refractivity contribution in [2.45, 2.75) is 26.2 Å². The largest absolute Gasteiger partial charge is 0.329 e. The molecule has 1 fully saturated rings. The van der Waals surface area contributed by atoms with E-state index in [4.69, 9.17) is 0 Å². The third-order valence-corrected chi connectivity index (χ3v) is 2.89. The van der Waals surface area contributed by atoms with Gasteiger partial charge in [0.15, 0.2) is 5.82 Å². The summed E-state index contributed by atoms with van der Waals surface area (Å²) in [5.41, 5.74) is 0.767. The Balaban J connectivity index is 1.96. The summed E-state index contributed by atoms with van der Waals surface area (Å²) in [5, 5.41) is 11.7. The lowest BCUT2D eigenvalue weighted by Crippen LogP contribution is -2.38. The number of aromatic nitrogens is 2. The number of imide groups is 1. The van der Waals surface area contributed by atoms with Crippen LogP contribution in [0.2, 0.25) is 0 Å². The fraction of sp³-hybridized carbons (Fsp3) is 0.500. The van der Waals surface area contributed by atoms with Gasteiger partial charge in [0.1, 0.15) is 6.54 Å². The minimum atomic E-state index is -0.553. The summed E-state index contributed by atoms with van der Waals surface area (Å²) in [6.45, 7) is 5.66. The smallest absolute Gasteiger partial charge is 0.325 e. The van der Waals surface area contributed by atoms with E-state index in [0.717, 1.165) is 10.6 Å². The van der Waals surface area contributed by atoms with Gasteiger partial charge < -0.3 is 10.6 Å². The molecule has 8 heteroatoms. The normalized spacial score (nSPS) is 15.4. The second-order valence-corrected chi connectivity index (χ2v) is 5.60. The number of amides is 4. The zero-order chi connectivity index (χ0) is 14.9. The Morgan fingerprint density at radius 2 is 2.15 bits per heavy atom. The van der Waals surface area contributed by atoms with Crippen molar-refractivity contribution in [3.05, 3.63) is 11.8 Å². The number of carbonyl (C=O) groups is 3. The Morgan fingerprint density at radius 3 is 2.65 bits per heavy atom. The maximum Gasteiger partial charge on any atom is 0.325 e. The highest BCUT2D eigenvalue weighted by molar-refractivity contribution is 6.06. The summed E-state index contributed by atoms with van der Waals surface area (Å²) in [6.07, 6.45) is 0. The van der Waals surface area contributed by atoms with Crippen LogP contribution in [0, 0.1) is 0 Å². The van der Waals surface area contributed by atoms with E-state index < -0.39 is 17.8 Å². The first-order chi connectivity index (χ1) is 9.27. The van der Waals surface area contributed by atoms with E-state index in [1.165, 1.54) is 0 Å². The lowest BCUT2D eigenvalue weighted by molar-refractivity contribution is -0.128. The second kappa shape index (κ2) is 4.95. The van der Waals surface area contributed by atoms with E-state index in [1.807, 2.05) is 20.8 Å². The van der Waals surface area contributed by atoms with Crippen LogP contribution >= 0.6 is 0 Å². The Morgan fingerprint density at radius 1 is 1.45 bits per heavy atom. The van der Waals surface area contributed by atoms with Crippen LogP contribution in [0.1, 0.15) is 26.5 Å². The Labute approximate surface area is 115 Å². The van der Waals surface area contributed by atoms with Crippen molar-refractivity contribution in [3.8, 4) is 0 Å². The van der Waals surface area contributed by atoms with Crippen LogP contribution in [0.4, 0.5) is 10.6 Å². The number of rotatable bonds is 3. The fourth-order valence-corrected chi connectivity index (χ4v) is 1.71. The lowest BCUT2D eigenvalue weighted by Gasteiger charge is -2.14. The van der Waals surface area contributed by atoms with Crippen molar-refractivity contribution in [3.63, 3.8) is 0 Å². The van der Waals surface area contributed by atoms with Crippen molar-refractivity contribution in [2.24, 2.45) is 0 Å². The van der Waals surface area contributed by atoms with Crippen LogP contribution in [-0.4, -0.2) is 46.0 Å². The molecule has 20 heavy (non-hydrogen) atoms. The number of nitrogens with zero attached hydrogens (tertiary/aromatic N) is 2. The first kappa shape index (κ1) is 14.0. The summed E-state index contributed by atoms with van der Waals surface area (Å²) < 4.78 is 0. The van der Waals surface area contributed by atoms with Gasteiger partial charge in [-0.15, -0.1) is 0 Å². The Hall–Kier alpha value is -2.38. The first-order valence-corrected chi connectivity index (χ1v) is 6.21. The highest BCUT2D eigenvalue weighted by atomic mass is 16.2. The quantitative estimate of drug-likeness (QED) is 0.687. The van der Waals surface area contributed by atoms with E-state index in [1.54, 1.807) is 6.07 Å². The molecule has 1 aliphatic rings. The minimum absolute atomic E-state index is 0.0668. The molecular weight excluding hydrogens is 262 g/mol. The number of carbonyl (C=O) groups excluding carboxylic acids is 3. The van der Waals surface area contributed by atoms with Gasteiger partial charge in [-0.3, -0.25) is 19.6 Å². The van der Waals surface area contributed by atoms with Crippen molar-refractivity contribution in [1.82, 2.24) is 20.4 Å². The third-order valence-electron chi connectivity index (χ3n) is 2.89. The van der Waals surface area contributed by atoms with Gasteiger partial charge in [0.25, 0.3) is 5.91 Å². The van der Waals surface area contributed by atoms with Gasteiger partial charge in [0.2, 0.25) is 5.91 Å². The summed E-state index contributed by atoms with van der Waals surface area (Å²) in [4.78, 5) is 35.3. The van der Waals surface area contributed by atoms with E-state index in [0.29, 0.717) is 5.82 Å². The van der Waals surface area contributed by atoms with Gasteiger partial charge in [0.05, 0.1) is 6.54 Å². The maximum absolute atomic E-state index is 11.8. The molecule has 0 bridgehead atoms. The monoisotopic (exact) mass is 279 g/mol. The SMILES string of the molecule is CC(C)(C)c1cc(NC(=O)CN2C(=O)CNC2=O)n[nH]1. The van der Waals surface area contributed by atoms with Crippen molar-refractivity contribution in [1.29, 1.82) is 0 Å². The van der Waals surface area contributed by atoms with Crippen LogP contribution < -0.4 is 10.6 Å². The third kappa shape index (κ3) is 2.95. The molecule has 1 aliphatic heterocycles. The molecule has 4 amide bonds. The molecule has 2 rings (SSSR count). The van der Waals surface area contributed by atoms with Gasteiger partial charge in [0, 0.05) is 17.2 Å². The van der Waals surface area contributed by atoms with E-state index in [9.17, 15) is 14.4 Å². The molecular formula is C12H17N5O3. The number of H-pyrrole nitrogens is 1. The molecule has 1 aromatic rings. The molecule has 0 spiro atoms. The minimum Gasteiger partial charge on any atom is -0.329 e. The van der Waals surface area contributed by atoms with Crippen LogP contribution in [0.15, 0.2) is 6.07 Å². The Bertz CT molecular complexity index is 542. The van der Waals surface area contributed by atoms with Crippen molar-refractivity contribution >= 4 is 23.7 Å². The molecule has 0 aliphatic carbocycles. The molecule has 1 aromatic heterocycles. The standard InChI is InChI=1S/C12H17N5O3/c1-12(2,3)7-4-8(16-15-7)14-9(18)6-17-10(19)5-13-11(17)20/h4H,5-6H2,1-3H3,(H,13,20)(H2,14,15,16,18). The van der Waals surface area contributed by atoms with Gasteiger partial charge in [-0.1, -0.05) is 20.8 Å². The highest BCUT2D eigenvalue weighted by Crippen LogP contribution is 2.21. The van der Waals surface area contributed by atoms with E-state index in [-0.39, 0.29) is 18.5 Å². The number of nitrogens with one attached hydrogen (secondary N) is 3. The number of hydrogen-bond acceptors (Lipinski definition) is 4. The number of urea groups is 1. The zero-order valence-corrected chi connectivity index (χ0v) is 11.6. The number of anilines is 1. The summed E-state index contributed by atoms with van der Waals surface area (Å²) in [7, 11) is 0. The Kier molecular flexibility index (Phi) is 3.47. The van der Waals surface area contributed by atoms with Gasteiger partial charge in [-0.05, 0) is 0 Å². The summed E-state index contributed by atoms with van der Waals surface area (Å²) in [5.74, 6) is -0.517. The number of hydrogen-bond donors (Lipinski definition) is 3. The molecule has 0 atom stereocenters. The summed E-state index contributed by atoms with van der Waals surface area (Å²) in [6, 6.07) is 1.17. The van der Waals surface area contributed by atoms with E-state index >= 15 is 0 Å². The molecule has 108 valence electrons. The molecule has 0 radical (unpaired) electrons. The summed E-state index contributed by atoms with van der Waals surface area (Å²) >= 11 is 0. The molecule has 0 aromatic carbocycles. The molecule has 1 saturated heterocycles. The average molecular weight is 279 g/mol. The van der Waals surface area contributed by atoms with Gasteiger partial charge in [-0.2, -0.15) is 5.10 Å². The predicted octanol–water partition coefficient (Wildman–Crippen LogP) is 0.197. The molecule has 2 heterocycles. The van der Waals surface area contributed by atoms with Crippen LogP contribution in [-0.2, 0) is 15.0 Å². The van der Waals surface area contributed by atoms with Crippen LogP contribution in [0.3, 0.4) is 0 Å². The topological polar surface area (TPSA) is 107 Å². The molecule has 0 unspecified atom stereocenters. The second-order valence-electron chi connectivity index (χ2n) is 5.60. The lowest BCUT2D eigenvalue weighted by atomic mass is 9.92. The van der Waals surface area contributed by atoms with Crippen molar-refractivity contribution in [2.75, 3.05) is 18.4 Å². The highest BCUT2D eigenvalue weighted by Gasteiger charge is 2.30. The molecule has 8 nitrogen and oxygen atoms in total. The van der Waals surface area contributed by atoms with Crippen molar-refractivity contribution < 1.29 is 14.4 Å². The van der Waals surface area contributed by atoms with Gasteiger partial charge in [-0.25, -0.2) is 4.79 Å². The molecule has 3 N–H and O–H groups in total. The van der Waals surface area contributed by atoms with E-state index in [2.05, 4.69) is 20.8 Å². The van der Waals surface area contributed by atoms with Gasteiger partial charge >= 0.3 is 6.03 Å². The molecule has 0 saturated carbocycles. The predicted molar refractivity (Wildman–Crippen MR) is 71.0 cm³/mol. The zero-order valence-electron chi connectivity index (χ0n) is 11.6. The first-order valence-electron chi connectivity index (χ1n) is 6.21. The fourth-order valence-electron chi connectivity index (χ4n) is 1.71. The van der Waals surface area contributed by atoms with Crippen LogP contribution in [0.25, 0.3) is 0 Å². The number of aromatic amines is 1.